The van der Waals surface area contributed by atoms with Crippen molar-refractivity contribution < 1.29 is 0 Å². The molecule has 0 amide bonds. The SMILES string of the molecule is C=CN=C(/N=C(\C=C)C1=CCCC=C1)Nc1ccc(C)cc1. The Kier molecular flexibility index (Phi) is 5.66. The van der Waals surface area contributed by atoms with Gasteiger partial charge in [-0.2, -0.15) is 0 Å². The summed E-state index contributed by atoms with van der Waals surface area (Å²) >= 11 is 0. The lowest BCUT2D eigenvalue weighted by Crippen LogP contribution is -2.12. The molecule has 0 bridgehead atoms. The highest BCUT2D eigenvalue weighted by molar-refractivity contribution is 6.16. The number of benzene rings is 1. The average Bonchev–Trinajstić information content (AvgIpc) is 2.55. The zero-order valence-corrected chi connectivity index (χ0v) is 12.9. The molecule has 1 aromatic carbocycles. The van der Waals surface area contributed by atoms with Crippen LogP contribution in [0, 0.1) is 6.92 Å². The quantitative estimate of drug-likeness (QED) is 0.627. The van der Waals surface area contributed by atoms with Crippen LogP contribution < -0.4 is 5.32 Å². The van der Waals surface area contributed by atoms with Gasteiger partial charge in [0.05, 0.1) is 5.71 Å². The number of nitrogens with zero attached hydrogens (tertiary/aromatic N) is 2. The van der Waals surface area contributed by atoms with E-state index in [0.29, 0.717) is 5.96 Å². The first-order valence-electron chi connectivity index (χ1n) is 7.33. The van der Waals surface area contributed by atoms with Crippen LogP contribution in [-0.2, 0) is 0 Å². The van der Waals surface area contributed by atoms with Crippen LogP contribution in [0.15, 0.2) is 83.5 Å². The summed E-state index contributed by atoms with van der Waals surface area (Å²) in [6.07, 6.45) is 11.7. The summed E-state index contributed by atoms with van der Waals surface area (Å²) in [7, 11) is 0. The molecule has 22 heavy (non-hydrogen) atoms. The molecule has 0 atom stereocenters. The molecule has 0 unspecified atom stereocenters. The van der Waals surface area contributed by atoms with E-state index in [1.54, 1.807) is 6.08 Å². The minimum Gasteiger partial charge on any atom is -0.324 e. The summed E-state index contributed by atoms with van der Waals surface area (Å²) < 4.78 is 0. The molecule has 0 spiro atoms. The maximum absolute atomic E-state index is 4.57. The number of allylic oxidation sites excluding steroid dienone is 5. The van der Waals surface area contributed by atoms with Gasteiger partial charge in [-0.1, -0.05) is 49.1 Å². The number of anilines is 1. The van der Waals surface area contributed by atoms with Crippen LogP contribution in [0.2, 0.25) is 0 Å². The fraction of sp³-hybridized carbons (Fsp3) is 0.158. The fourth-order valence-electron chi connectivity index (χ4n) is 2.09. The Labute approximate surface area is 132 Å². The maximum atomic E-state index is 4.57. The summed E-state index contributed by atoms with van der Waals surface area (Å²) in [5, 5.41) is 3.20. The zero-order valence-electron chi connectivity index (χ0n) is 12.9. The third-order valence-electron chi connectivity index (χ3n) is 3.23. The van der Waals surface area contributed by atoms with Gasteiger partial charge in [0.2, 0.25) is 5.96 Å². The van der Waals surface area contributed by atoms with Crippen molar-refractivity contribution in [1.82, 2.24) is 0 Å². The van der Waals surface area contributed by atoms with E-state index < -0.39 is 0 Å². The molecule has 112 valence electrons. The highest BCUT2D eigenvalue weighted by Gasteiger charge is 2.05. The minimum absolute atomic E-state index is 0.494. The van der Waals surface area contributed by atoms with Gasteiger partial charge in [-0.25, -0.2) is 9.98 Å². The number of aryl methyl sites for hydroxylation is 1. The molecule has 1 aromatic rings. The maximum Gasteiger partial charge on any atom is 0.227 e. The molecular weight excluding hydrogens is 270 g/mol. The molecule has 0 saturated carbocycles. The molecule has 0 heterocycles. The van der Waals surface area contributed by atoms with Crippen molar-refractivity contribution in [1.29, 1.82) is 0 Å². The van der Waals surface area contributed by atoms with Crippen molar-refractivity contribution in [3.8, 4) is 0 Å². The summed E-state index contributed by atoms with van der Waals surface area (Å²) in [4.78, 5) is 8.78. The van der Waals surface area contributed by atoms with Gasteiger partial charge in [-0.05, 0) is 43.5 Å². The van der Waals surface area contributed by atoms with Gasteiger partial charge in [0.1, 0.15) is 0 Å². The summed E-state index contributed by atoms with van der Waals surface area (Å²) in [6, 6.07) is 8.07. The van der Waals surface area contributed by atoms with E-state index in [1.807, 2.05) is 24.3 Å². The first-order chi connectivity index (χ1) is 10.7. The first-order valence-corrected chi connectivity index (χ1v) is 7.33. The number of nitrogens with one attached hydrogen (secondary N) is 1. The van der Waals surface area contributed by atoms with Crippen LogP contribution in [0.25, 0.3) is 0 Å². The average molecular weight is 291 g/mol. The smallest absolute Gasteiger partial charge is 0.227 e. The van der Waals surface area contributed by atoms with E-state index in [-0.39, 0.29) is 0 Å². The Balaban J connectivity index is 2.25. The normalized spacial score (nSPS) is 15.2. The molecule has 1 aliphatic rings. The van der Waals surface area contributed by atoms with E-state index in [4.69, 9.17) is 0 Å². The van der Waals surface area contributed by atoms with Gasteiger partial charge in [0, 0.05) is 11.9 Å². The van der Waals surface area contributed by atoms with E-state index in [1.165, 1.54) is 11.8 Å². The van der Waals surface area contributed by atoms with Gasteiger partial charge >= 0.3 is 0 Å². The van der Waals surface area contributed by atoms with Crippen molar-refractivity contribution in [3.63, 3.8) is 0 Å². The van der Waals surface area contributed by atoms with Crippen molar-refractivity contribution in [2.24, 2.45) is 9.98 Å². The molecule has 0 aromatic heterocycles. The number of hydrogen-bond donors (Lipinski definition) is 1. The third-order valence-corrected chi connectivity index (χ3v) is 3.23. The van der Waals surface area contributed by atoms with Crippen molar-refractivity contribution >= 4 is 17.4 Å². The van der Waals surface area contributed by atoms with E-state index >= 15 is 0 Å². The van der Waals surface area contributed by atoms with Gasteiger partial charge < -0.3 is 5.32 Å². The molecule has 3 heteroatoms. The molecule has 0 aliphatic heterocycles. The second-order valence-corrected chi connectivity index (χ2v) is 4.97. The van der Waals surface area contributed by atoms with E-state index in [0.717, 1.165) is 29.8 Å². The summed E-state index contributed by atoms with van der Waals surface area (Å²) in [6.45, 7) is 9.56. The van der Waals surface area contributed by atoms with E-state index in [2.05, 4.69) is 53.6 Å². The van der Waals surface area contributed by atoms with Gasteiger partial charge in [0.25, 0.3) is 0 Å². The van der Waals surface area contributed by atoms with Gasteiger partial charge in [0.15, 0.2) is 0 Å². The second kappa shape index (κ2) is 7.93. The molecule has 2 rings (SSSR count). The van der Waals surface area contributed by atoms with Gasteiger partial charge in [-0.3, -0.25) is 0 Å². The highest BCUT2D eigenvalue weighted by atomic mass is 15.1. The lowest BCUT2D eigenvalue weighted by molar-refractivity contribution is 1.03. The number of hydrogen-bond acceptors (Lipinski definition) is 1. The molecule has 1 aliphatic carbocycles. The monoisotopic (exact) mass is 291 g/mol. The molecule has 1 N–H and O–H groups in total. The number of guanidine groups is 1. The Bertz CT molecular complexity index is 658. The summed E-state index contributed by atoms with van der Waals surface area (Å²) in [5.74, 6) is 0.494. The van der Waals surface area contributed by atoms with Gasteiger partial charge in [-0.15, -0.1) is 0 Å². The molecular formula is C19H21N3. The van der Waals surface area contributed by atoms with Crippen LogP contribution in [0.4, 0.5) is 5.69 Å². The lowest BCUT2D eigenvalue weighted by Gasteiger charge is -2.10. The Morgan fingerprint density at radius 2 is 1.95 bits per heavy atom. The molecule has 0 fully saturated rings. The fourth-order valence-corrected chi connectivity index (χ4v) is 2.09. The standard InChI is InChI=1S/C19H21N3/c1-4-18(16-9-7-6-8-10-16)22-19(20-5-2)21-17-13-11-15(3)12-14-17/h4-5,7,9-14H,1-2,6,8H2,3H3,(H,20,21)/b22-18+. The third kappa shape index (κ3) is 4.42. The first kappa shape index (κ1) is 15.7. The number of rotatable bonds is 4. The Morgan fingerprint density at radius 1 is 1.18 bits per heavy atom. The van der Waals surface area contributed by atoms with Crippen LogP contribution in [0.3, 0.4) is 0 Å². The summed E-state index contributed by atoms with van der Waals surface area (Å²) in [5.41, 5.74) is 4.02. The molecule has 0 saturated heterocycles. The second-order valence-electron chi connectivity index (χ2n) is 4.97. The van der Waals surface area contributed by atoms with E-state index in [9.17, 15) is 0 Å². The van der Waals surface area contributed by atoms with Crippen LogP contribution in [0.1, 0.15) is 18.4 Å². The predicted molar refractivity (Wildman–Crippen MR) is 96.5 cm³/mol. The number of aliphatic imine (C=N–C) groups is 2. The zero-order chi connectivity index (χ0) is 15.8. The Morgan fingerprint density at radius 3 is 2.55 bits per heavy atom. The van der Waals surface area contributed by atoms with Crippen LogP contribution in [0.5, 0.6) is 0 Å². The highest BCUT2D eigenvalue weighted by Crippen LogP contribution is 2.13. The molecule has 0 radical (unpaired) electrons. The topological polar surface area (TPSA) is 36.8 Å². The molecule has 3 nitrogen and oxygen atoms in total. The van der Waals surface area contributed by atoms with Crippen molar-refractivity contribution in [2.75, 3.05) is 5.32 Å². The van der Waals surface area contributed by atoms with Crippen molar-refractivity contribution in [2.45, 2.75) is 19.8 Å². The van der Waals surface area contributed by atoms with Crippen LogP contribution in [-0.4, -0.2) is 11.7 Å². The largest absolute Gasteiger partial charge is 0.324 e. The van der Waals surface area contributed by atoms with Crippen molar-refractivity contribution in [3.05, 3.63) is 79.1 Å². The predicted octanol–water partition coefficient (Wildman–Crippen LogP) is 4.81. The Hall–Kier alpha value is -2.68. The van der Waals surface area contributed by atoms with Crippen LogP contribution >= 0.6 is 0 Å². The lowest BCUT2D eigenvalue weighted by atomic mass is 10.0. The minimum atomic E-state index is 0.494.